The van der Waals surface area contributed by atoms with Crippen LogP contribution in [0, 0.1) is 11.7 Å². The summed E-state index contributed by atoms with van der Waals surface area (Å²) in [5.41, 5.74) is 6.09. The lowest BCUT2D eigenvalue weighted by Crippen LogP contribution is -2.39. The van der Waals surface area contributed by atoms with Gasteiger partial charge in [0, 0.05) is 30.0 Å². The summed E-state index contributed by atoms with van der Waals surface area (Å²) < 4.78 is 13.6. The molecule has 120 valence electrons. The van der Waals surface area contributed by atoms with Crippen molar-refractivity contribution < 1.29 is 14.0 Å². The van der Waals surface area contributed by atoms with Crippen molar-refractivity contribution >= 4 is 27.7 Å². The molecule has 0 aromatic heterocycles. The summed E-state index contributed by atoms with van der Waals surface area (Å²) in [7, 11) is 0. The van der Waals surface area contributed by atoms with E-state index in [1.54, 1.807) is 0 Å². The molecule has 2 rings (SSSR count). The fraction of sp³-hybridized carbons (Fsp3) is 0.467. The SMILES string of the molecule is NC(CNC(=O)CCNC(=O)c1cc(F)ccc1Br)C1CC1. The molecule has 1 unspecified atom stereocenters. The van der Waals surface area contributed by atoms with E-state index in [9.17, 15) is 14.0 Å². The third kappa shape index (κ3) is 5.06. The van der Waals surface area contributed by atoms with Crippen molar-refractivity contribution in [3.8, 4) is 0 Å². The minimum Gasteiger partial charge on any atom is -0.354 e. The number of halogens is 2. The maximum absolute atomic E-state index is 13.1. The number of nitrogens with two attached hydrogens (primary N) is 1. The lowest BCUT2D eigenvalue weighted by Gasteiger charge is -2.12. The van der Waals surface area contributed by atoms with Crippen molar-refractivity contribution in [1.29, 1.82) is 0 Å². The summed E-state index contributed by atoms with van der Waals surface area (Å²) in [5, 5.41) is 5.35. The number of rotatable bonds is 7. The van der Waals surface area contributed by atoms with E-state index in [1.165, 1.54) is 12.1 Å². The summed E-state index contributed by atoms with van der Waals surface area (Å²) in [6.45, 7) is 0.652. The average Bonchev–Trinajstić information content (AvgIpc) is 3.31. The summed E-state index contributed by atoms with van der Waals surface area (Å²) in [6, 6.07) is 3.89. The zero-order chi connectivity index (χ0) is 16.1. The van der Waals surface area contributed by atoms with Gasteiger partial charge in [-0.2, -0.15) is 0 Å². The highest BCUT2D eigenvalue weighted by Gasteiger charge is 2.28. The topological polar surface area (TPSA) is 84.2 Å². The Hall–Kier alpha value is -1.47. The van der Waals surface area contributed by atoms with Gasteiger partial charge in [0.25, 0.3) is 5.91 Å². The van der Waals surface area contributed by atoms with Gasteiger partial charge in [0.1, 0.15) is 5.82 Å². The number of hydrogen-bond donors (Lipinski definition) is 3. The maximum atomic E-state index is 13.1. The predicted octanol–water partition coefficient (Wildman–Crippen LogP) is 1.56. The van der Waals surface area contributed by atoms with Gasteiger partial charge in [-0.3, -0.25) is 9.59 Å². The third-order valence-electron chi connectivity index (χ3n) is 3.57. The largest absolute Gasteiger partial charge is 0.354 e. The molecule has 0 radical (unpaired) electrons. The van der Waals surface area contributed by atoms with Crippen LogP contribution in [0.5, 0.6) is 0 Å². The van der Waals surface area contributed by atoms with Crippen molar-refractivity contribution in [3.05, 3.63) is 34.1 Å². The summed E-state index contributed by atoms with van der Waals surface area (Å²) in [6.07, 6.45) is 2.43. The zero-order valence-electron chi connectivity index (χ0n) is 12.1. The standard InChI is InChI=1S/C15H19BrFN3O2/c16-12-4-3-10(17)7-11(12)15(22)19-6-5-14(21)20-8-13(18)9-1-2-9/h3-4,7,9,13H,1-2,5-6,8,18H2,(H,19,22)(H,20,21). The summed E-state index contributed by atoms with van der Waals surface area (Å²) in [4.78, 5) is 23.5. The first-order chi connectivity index (χ1) is 10.5. The van der Waals surface area contributed by atoms with Crippen LogP contribution < -0.4 is 16.4 Å². The van der Waals surface area contributed by atoms with Gasteiger partial charge in [0.2, 0.25) is 5.91 Å². The van der Waals surface area contributed by atoms with Crippen LogP contribution >= 0.6 is 15.9 Å². The van der Waals surface area contributed by atoms with Gasteiger partial charge in [0.05, 0.1) is 5.56 Å². The number of benzene rings is 1. The Balaban J connectivity index is 1.69. The van der Waals surface area contributed by atoms with E-state index in [2.05, 4.69) is 26.6 Å². The van der Waals surface area contributed by atoms with E-state index < -0.39 is 11.7 Å². The molecule has 7 heteroatoms. The molecule has 1 aromatic rings. The van der Waals surface area contributed by atoms with Crippen LogP contribution in [0.25, 0.3) is 0 Å². The molecule has 1 saturated carbocycles. The second kappa shape index (κ2) is 7.69. The van der Waals surface area contributed by atoms with E-state index in [1.807, 2.05) is 0 Å². The van der Waals surface area contributed by atoms with Gasteiger partial charge in [-0.25, -0.2) is 4.39 Å². The first kappa shape index (κ1) is 16.9. The first-order valence-electron chi connectivity index (χ1n) is 7.23. The molecule has 0 aliphatic heterocycles. The van der Waals surface area contributed by atoms with Crippen molar-refractivity contribution in [2.75, 3.05) is 13.1 Å². The number of carbonyl (C=O) groups is 2. The Labute approximate surface area is 137 Å². The molecular weight excluding hydrogens is 353 g/mol. The molecule has 0 saturated heterocycles. The van der Waals surface area contributed by atoms with Gasteiger partial charge < -0.3 is 16.4 Å². The lowest BCUT2D eigenvalue weighted by atomic mass is 10.2. The Morgan fingerprint density at radius 3 is 2.77 bits per heavy atom. The fourth-order valence-electron chi connectivity index (χ4n) is 2.07. The highest BCUT2D eigenvalue weighted by Crippen LogP contribution is 2.31. The third-order valence-corrected chi connectivity index (χ3v) is 4.26. The second-order valence-electron chi connectivity index (χ2n) is 5.44. The molecule has 0 bridgehead atoms. The van der Waals surface area contributed by atoms with Crippen LogP contribution in [0.2, 0.25) is 0 Å². The molecule has 1 aromatic carbocycles. The van der Waals surface area contributed by atoms with Crippen molar-refractivity contribution in [1.82, 2.24) is 10.6 Å². The highest BCUT2D eigenvalue weighted by atomic mass is 79.9. The first-order valence-corrected chi connectivity index (χ1v) is 8.02. The average molecular weight is 372 g/mol. The molecule has 1 aliphatic carbocycles. The molecule has 0 heterocycles. The predicted molar refractivity (Wildman–Crippen MR) is 84.8 cm³/mol. The summed E-state index contributed by atoms with van der Waals surface area (Å²) in [5.74, 6) is -0.533. The zero-order valence-corrected chi connectivity index (χ0v) is 13.7. The Kier molecular flexibility index (Phi) is 5.90. The second-order valence-corrected chi connectivity index (χ2v) is 6.29. The van der Waals surface area contributed by atoms with Crippen molar-refractivity contribution in [3.63, 3.8) is 0 Å². The van der Waals surface area contributed by atoms with Crippen LogP contribution in [0.3, 0.4) is 0 Å². The van der Waals surface area contributed by atoms with Gasteiger partial charge in [-0.05, 0) is 52.9 Å². The van der Waals surface area contributed by atoms with E-state index in [-0.39, 0.29) is 30.5 Å². The molecule has 1 atom stereocenters. The van der Waals surface area contributed by atoms with E-state index in [0.717, 1.165) is 18.9 Å². The van der Waals surface area contributed by atoms with Crippen LogP contribution in [-0.2, 0) is 4.79 Å². The van der Waals surface area contributed by atoms with Crippen molar-refractivity contribution in [2.45, 2.75) is 25.3 Å². The van der Waals surface area contributed by atoms with Gasteiger partial charge in [-0.15, -0.1) is 0 Å². The van der Waals surface area contributed by atoms with Gasteiger partial charge >= 0.3 is 0 Å². The van der Waals surface area contributed by atoms with E-state index >= 15 is 0 Å². The van der Waals surface area contributed by atoms with E-state index in [0.29, 0.717) is 16.9 Å². The highest BCUT2D eigenvalue weighted by molar-refractivity contribution is 9.10. The molecule has 22 heavy (non-hydrogen) atoms. The lowest BCUT2D eigenvalue weighted by molar-refractivity contribution is -0.121. The number of amides is 2. The van der Waals surface area contributed by atoms with Gasteiger partial charge in [-0.1, -0.05) is 0 Å². The molecule has 2 amide bonds. The monoisotopic (exact) mass is 371 g/mol. The maximum Gasteiger partial charge on any atom is 0.252 e. The normalized spacial score (nSPS) is 15.2. The fourth-order valence-corrected chi connectivity index (χ4v) is 2.49. The smallest absolute Gasteiger partial charge is 0.252 e. The Bertz CT molecular complexity index is 564. The molecule has 5 nitrogen and oxygen atoms in total. The van der Waals surface area contributed by atoms with E-state index in [4.69, 9.17) is 5.73 Å². The molecule has 1 aliphatic rings. The Morgan fingerprint density at radius 2 is 2.09 bits per heavy atom. The molecule has 1 fully saturated rings. The molecule has 0 spiro atoms. The van der Waals surface area contributed by atoms with Crippen LogP contribution in [0.15, 0.2) is 22.7 Å². The number of nitrogens with one attached hydrogen (secondary N) is 2. The van der Waals surface area contributed by atoms with Crippen molar-refractivity contribution in [2.24, 2.45) is 11.7 Å². The van der Waals surface area contributed by atoms with Crippen LogP contribution in [-0.4, -0.2) is 30.9 Å². The minimum absolute atomic E-state index is 0.0155. The number of carbonyl (C=O) groups excluding carboxylic acids is 2. The van der Waals surface area contributed by atoms with Gasteiger partial charge in [0.15, 0.2) is 0 Å². The number of hydrogen-bond acceptors (Lipinski definition) is 3. The minimum atomic E-state index is -0.486. The van der Waals surface area contributed by atoms with Crippen LogP contribution in [0.1, 0.15) is 29.6 Å². The quantitative estimate of drug-likeness (QED) is 0.679. The van der Waals surface area contributed by atoms with Crippen LogP contribution in [0.4, 0.5) is 4.39 Å². The molecule has 4 N–H and O–H groups in total. The summed E-state index contributed by atoms with van der Waals surface area (Å²) >= 11 is 3.19. The Morgan fingerprint density at radius 1 is 1.36 bits per heavy atom. The molecular formula is C15H19BrFN3O2.